The van der Waals surface area contributed by atoms with Crippen LogP contribution in [0.3, 0.4) is 0 Å². The minimum Gasteiger partial charge on any atom is -0.380 e. The molecule has 2 heterocycles. The van der Waals surface area contributed by atoms with Gasteiger partial charge in [0, 0.05) is 11.8 Å². The summed E-state index contributed by atoms with van der Waals surface area (Å²) in [5.74, 6) is 0. The zero-order valence-electron chi connectivity index (χ0n) is 7.53. The highest BCUT2D eigenvalue weighted by Gasteiger charge is 2.40. The first kappa shape index (κ1) is 10.2. The Morgan fingerprint density at radius 1 is 1.64 bits per heavy atom. The molecule has 1 aromatic rings. The molecule has 1 saturated heterocycles. The summed E-state index contributed by atoms with van der Waals surface area (Å²) in [7, 11) is 0. The van der Waals surface area contributed by atoms with Gasteiger partial charge in [0.2, 0.25) is 5.28 Å². The van der Waals surface area contributed by atoms with Crippen LogP contribution in [0.15, 0.2) is 11.2 Å². The summed E-state index contributed by atoms with van der Waals surface area (Å²) in [6.07, 6.45) is 3.44. The van der Waals surface area contributed by atoms with Gasteiger partial charge >= 0.3 is 0 Å². The van der Waals surface area contributed by atoms with Gasteiger partial charge in [-0.3, -0.25) is 0 Å². The van der Waals surface area contributed by atoms with Gasteiger partial charge in [0.1, 0.15) is 10.6 Å². The fourth-order valence-corrected chi connectivity index (χ4v) is 2.10. The number of halogens is 1. The first-order valence-corrected chi connectivity index (χ1v) is 5.63. The third kappa shape index (κ3) is 1.61. The fraction of sp³-hybridized carbons (Fsp3) is 0.500. The number of aromatic nitrogens is 2. The van der Waals surface area contributed by atoms with Crippen molar-refractivity contribution < 1.29 is 9.84 Å². The van der Waals surface area contributed by atoms with Gasteiger partial charge < -0.3 is 9.84 Å². The average molecular weight is 233 g/mol. The van der Waals surface area contributed by atoms with E-state index in [-0.39, 0.29) is 5.28 Å². The van der Waals surface area contributed by atoms with E-state index < -0.39 is 5.60 Å². The van der Waals surface area contributed by atoms with Crippen LogP contribution in [0.2, 0.25) is 5.28 Å². The van der Waals surface area contributed by atoms with Crippen molar-refractivity contribution in [2.75, 3.05) is 19.5 Å². The Balaban J connectivity index is 2.41. The van der Waals surface area contributed by atoms with Gasteiger partial charge in [0.25, 0.3) is 0 Å². The van der Waals surface area contributed by atoms with Crippen molar-refractivity contribution >= 4 is 23.4 Å². The van der Waals surface area contributed by atoms with E-state index in [0.29, 0.717) is 23.8 Å². The minimum atomic E-state index is -0.928. The fourth-order valence-electron chi connectivity index (χ4n) is 1.27. The lowest BCUT2D eigenvalue weighted by atomic mass is 9.95. The van der Waals surface area contributed by atoms with Gasteiger partial charge in [0.05, 0.1) is 13.2 Å². The van der Waals surface area contributed by atoms with E-state index in [2.05, 4.69) is 9.97 Å². The Morgan fingerprint density at radius 2 is 2.36 bits per heavy atom. The summed E-state index contributed by atoms with van der Waals surface area (Å²) < 4.78 is 4.97. The highest BCUT2D eigenvalue weighted by Crippen LogP contribution is 2.34. The first-order chi connectivity index (χ1) is 6.65. The van der Waals surface area contributed by atoms with Crippen LogP contribution in [-0.2, 0) is 10.3 Å². The zero-order chi connectivity index (χ0) is 10.2. The Bertz CT molecular complexity index is 357. The number of ether oxygens (including phenoxy) is 1. The predicted molar refractivity (Wildman–Crippen MR) is 53.5 cm³/mol. The monoisotopic (exact) mass is 232 g/mol. The molecule has 76 valence electrons. The molecule has 0 atom stereocenters. The van der Waals surface area contributed by atoms with E-state index in [1.54, 1.807) is 6.20 Å². The van der Waals surface area contributed by atoms with Crippen LogP contribution in [0.25, 0.3) is 0 Å². The quantitative estimate of drug-likeness (QED) is 0.470. The number of nitrogens with zero attached hydrogens (tertiary/aromatic N) is 2. The predicted octanol–water partition coefficient (Wildman–Crippen LogP) is 1.07. The molecule has 0 radical (unpaired) electrons. The number of aliphatic hydroxyl groups is 1. The Hall–Kier alpha value is -0.360. The van der Waals surface area contributed by atoms with Crippen molar-refractivity contribution in [3.8, 4) is 0 Å². The molecule has 4 nitrogen and oxygen atoms in total. The molecule has 0 aromatic carbocycles. The highest BCUT2D eigenvalue weighted by atomic mass is 35.5. The molecule has 1 aliphatic rings. The molecule has 0 bridgehead atoms. The number of hydrogen-bond acceptors (Lipinski definition) is 5. The molecular weight excluding hydrogens is 224 g/mol. The number of rotatable bonds is 2. The molecule has 6 heteroatoms. The van der Waals surface area contributed by atoms with Crippen LogP contribution in [-0.4, -0.2) is 34.5 Å². The minimum absolute atomic E-state index is 0.196. The molecule has 1 aliphatic heterocycles. The van der Waals surface area contributed by atoms with E-state index in [1.165, 1.54) is 11.8 Å². The second kappa shape index (κ2) is 3.66. The normalized spacial score (nSPS) is 19.1. The Morgan fingerprint density at radius 3 is 2.86 bits per heavy atom. The van der Waals surface area contributed by atoms with Crippen LogP contribution in [0.4, 0.5) is 0 Å². The van der Waals surface area contributed by atoms with Gasteiger partial charge in [-0.05, 0) is 17.9 Å². The third-order valence-corrected chi connectivity index (χ3v) is 2.98. The molecule has 0 saturated carbocycles. The smallest absolute Gasteiger partial charge is 0.223 e. The van der Waals surface area contributed by atoms with Crippen molar-refractivity contribution in [3.63, 3.8) is 0 Å². The summed E-state index contributed by atoms with van der Waals surface area (Å²) in [6, 6.07) is 0. The van der Waals surface area contributed by atoms with Crippen molar-refractivity contribution in [1.29, 1.82) is 0 Å². The van der Waals surface area contributed by atoms with Gasteiger partial charge in [-0.2, -0.15) is 0 Å². The molecule has 0 amide bonds. The molecule has 0 aliphatic carbocycles. The second-order valence-corrected chi connectivity index (χ2v) is 4.22. The lowest BCUT2D eigenvalue weighted by molar-refractivity contribution is -0.186. The molecule has 1 N–H and O–H groups in total. The maximum Gasteiger partial charge on any atom is 0.223 e. The van der Waals surface area contributed by atoms with Crippen molar-refractivity contribution in [2.45, 2.75) is 10.6 Å². The number of thioether (sulfide) groups is 1. The molecule has 1 aromatic heterocycles. The Labute approximate surface area is 90.7 Å². The van der Waals surface area contributed by atoms with Gasteiger partial charge in [-0.15, -0.1) is 11.8 Å². The van der Waals surface area contributed by atoms with E-state index in [0.717, 1.165) is 0 Å². The molecule has 0 unspecified atom stereocenters. The summed E-state index contributed by atoms with van der Waals surface area (Å²) in [5, 5.41) is 10.9. The summed E-state index contributed by atoms with van der Waals surface area (Å²) in [6.45, 7) is 0.594. The van der Waals surface area contributed by atoms with Crippen molar-refractivity contribution in [2.24, 2.45) is 0 Å². The molecular formula is C8H9ClN2O2S. The summed E-state index contributed by atoms with van der Waals surface area (Å²) in [5.41, 5.74) is -0.233. The van der Waals surface area contributed by atoms with Crippen molar-refractivity contribution in [3.05, 3.63) is 17.0 Å². The molecule has 2 rings (SSSR count). The van der Waals surface area contributed by atoms with Crippen LogP contribution < -0.4 is 0 Å². The molecule has 0 spiro atoms. The SMILES string of the molecule is CSc1nc(Cl)ncc1C1(O)COC1. The lowest BCUT2D eigenvalue weighted by Gasteiger charge is -2.36. The number of hydrogen-bond donors (Lipinski definition) is 1. The highest BCUT2D eigenvalue weighted by molar-refractivity contribution is 7.98. The van der Waals surface area contributed by atoms with Crippen molar-refractivity contribution in [1.82, 2.24) is 9.97 Å². The lowest BCUT2D eigenvalue weighted by Crippen LogP contribution is -2.47. The molecule has 14 heavy (non-hydrogen) atoms. The van der Waals surface area contributed by atoms with Gasteiger partial charge in [-0.1, -0.05) is 0 Å². The van der Waals surface area contributed by atoms with E-state index >= 15 is 0 Å². The van der Waals surface area contributed by atoms with Crippen LogP contribution in [0, 0.1) is 0 Å². The first-order valence-electron chi connectivity index (χ1n) is 4.03. The standard InChI is InChI=1S/C8H9ClN2O2S/c1-14-6-5(2-10-7(9)11-6)8(12)3-13-4-8/h2,12H,3-4H2,1H3. The van der Waals surface area contributed by atoms with Crippen LogP contribution in [0.1, 0.15) is 5.56 Å². The molecule has 1 fully saturated rings. The van der Waals surface area contributed by atoms with Gasteiger partial charge in [-0.25, -0.2) is 9.97 Å². The second-order valence-electron chi connectivity index (χ2n) is 3.09. The van der Waals surface area contributed by atoms with Gasteiger partial charge in [0.15, 0.2) is 0 Å². The summed E-state index contributed by atoms with van der Waals surface area (Å²) >= 11 is 7.09. The zero-order valence-corrected chi connectivity index (χ0v) is 9.10. The summed E-state index contributed by atoms with van der Waals surface area (Å²) in [4.78, 5) is 7.90. The average Bonchev–Trinajstić information content (AvgIpc) is 2.14. The van der Waals surface area contributed by atoms with Crippen LogP contribution >= 0.6 is 23.4 Å². The maximum absolute atomic E-state index is 10.0. The third-order valence-electron chi connectivity index (χ3n) is 2.10. The van der Waals surface area contributed by atoms with E-state index in [1.807, 2.05) is 6.26 Å². The van der Waals surface area contributed by atoms with E-state index in [9.17, 15) is 5.11 Å². The largest absolute Gasteiger partial charge is 0.380 e. The maximum atomic E-state index is 10.0. The Kier molecular flexibility index (Phi) is 2.66. The van der Waals surface area contributed by atoms with Crippen LogP contribution in [0.5, 0.6) is 0 Å². The van der Waals surface area contributed by atoms with E-state index in [4.69, 9.17) is 16.3 Å². The topological polar surface area (TPSA) is 55.2 Å².